The second-order valence-corrected chi connectivity index (χ2v) is 2.60. The third-order valence-electron chi connectivity index (χ3n) is 0.984. The molecule has 1 nitrogen and oxygen atoms in total. The standard InChI is InChI=1S/C6H4Cl2O/c7-4-1-2-6(9)5(8)3-4/h1-3,5H. The topological polar surface area (TPSA) is 17.1 Å². The Morgan fingerprint density at radius 3 is 2.56 bits per heavy atom. The predicted octanol–water partition coefficient (Wildman–Crippen LogP) is 1.86. The van der Waals surface area contributed by atoms with Crippen molar-refractivity contribution in [2.75, 3.05) is 0 Å². The highest BCUT2D eigenvalue weighted by Gasteiger charge is 2.12. The van der Waals surface area contributed by atoms with Crippen LogP contribution in [0.15, 0.2) is 23.3 Å². The first-order chi connectivity index (χ1) is 4.20. The fraction of sp³-hybridized carbons (Fsp3) is 0.167. The number of rotatable bonds is 0. The zero-order valence-electron chi connectivity index (χ0n) is 4.47. The largest absolute Gasteiger partial charge is 0.293 e. The minimum absolute atomic E-state index is 0.110. The lowest BCUT2D eigenvalue weighted by molar-refractivity contribution is -0.113. The number of allylic oxidation sites excluding steroid dienone is 4. The van der Waals surface area contributed by atoms with E-state index in [1.54, 1.807) is 0 Å². The molecule has 1 atom stereocenters. The zero-order valence-corrected chi connectivity index (χ0v) is 5.99. The Kier molecular flexibility index (Phi) is 1.94. The first kappa shape index (κ1) is 6.84. The Labute approximate surface area is 62.9 Å². The minimum atomic E-state index is -0.567. The number of ketones is 1. The second-order valence-electron chi connectivity index (χ2n) is 1.69. The summed E-state index contributed by atoms with van der Waals surface area (Å²) in [6.45, 7) is 0. The molecule has 0 bridgehead atoms. The van der Waals surface area contributed by atoms with Crippen LogP contribution in [0.3, 0.4) is 0 Å². The molecule has 1 rings (SSSR count). The highest BCUT2D eigenvalue weighted by atomic mass is 35.5. The van der Waals surface area contributed by atoms with Gasteiger partial charge < -0.3 is 0 Å². The minimum Gasteiger partial charge on any atom is -0.293 e. The summed E-state index contributed by atoms with van der Waals surface area (Å²) in [4.78, 5) is 10.6. The molecule has 0 N–H and O–H groups in total. The number of alkyl halides is 1. The molecule has 1 aliphatic carbocycles. The molecule has 0 amide bonds. The monoisotopic (exact) mass is 162 g/mol. The molecule has 0 saturated heterocycles. The van der Waals surface area contributed by atoms with Gasteiger partial charge in [0.05, 0.1) is 0 Å². The molecule has 0 aromatic carbocycles. The summed E-state index contributed by atoms with van der Waals surface area (Å²) in [5.41, 5.74) is 0. The van der Waals surface area contributed by atoms with Gasteiger partial charge in [0.2, 0.25) is 0 Å². The number of carbonyl (C=O) groups excluding carboxylic acids is 1. The van der Waals surface area contributed by atoms with Gasteiger partial charge in [-0.2, -0.15) is 0 Å². The summed E-state index contributed by atoms with van der Waals surface area (Å²) >= 11 is 11.0. The van der Waals surface area contributed by atoms with E-state index in [2.05, 4.69) is 0 Å². The van der Waals surface area contributed by atoms with Crippen molar-refractivity contribution < 1.29 is 4.79 Å². The van der Waals surface area contributed by atoms with E-state index in [0.29, 0.717) is 5.03 Å². The summed E-state index contributed by atoms with van der Waals surface area (Å²) in [6.07, 6.45) is 4.41. The van der Waals surface area contributed by atoms with Gasteiger partial charge in [0.15, 0.2) is 5.78 Å². The zero-order chi connectivity index (χ0) is 6.85. The number of halogens is 2. The average Bonchev–Trinajstić information content (AvgIpc) is 1.80. The van der Waals surface area contributed by atoms with Crippen LogP contribution in [0.4, 0.5) is 0 Å². The SMILES string of the molecule is O=C1C=CC(Cl)=CC1Cl. The van der Waals surface area contributed by atoms with Crippen LogP contribution in [-0.4, -0.2) is 11.2 Å². The van der Waals surface area contributed by atoms with Gasteiger partial charge in [0.25, 0.3) is 0 Å². The molecule has 0 radical (unpaired) electrons. The third kappa shape index (κ3) is 1.57. The lowest BCUT2D eigenvalue weighted by Crippen LogP contribution is -2.10. The normalized spacial score (nSPS) is 26.2. The van der Waals surface area contributed by atoms with Crippen molar-refractivity contribution in [3.63, 3.8) is 0 Å². The maximum Gasteiger partial charge on any atom is 0.177 e. The van der Waals surface area contributed by atoms with Gasteiger partial charge in [-0.15, -0.1) is 11.6 Å². The summed E-state index contributed by atoms with van der Waals surface area (Å²) in [6, 6.07) is 0. The first-order valence-electron chi connectivity index (χ1n) is 2.43. The predicted molar refractivity (Wildman–Crippen MR) is 37.7 cm³/mol. The van der Waals surface area contributed by atoms with Crippen molar-refractivity contribution in [2.45, 2.75) is 5.38 Å². The van der Waals surface area contributed by atoms with Crippen LogP contribution in [-0.2, 0) is 4.79 Å². The summed E-state index contributed by atoms with van der Waals surface area (Å²) in [5, 5.41) is -0.0444. The van der Waals surface area contributed by atoms with E-state index in [-0.39, 0.29) is 5.78 Å². The van der Waals surface area contributed by atoms with E-state index in [4.69, 9.17) is 23.2 Å². The van der Waals surface area contributed by atoms with Gasteiger partial charge >= 0.3 is 0 Å². The fourth-order valence-corrected chi connectivity index (χ4v) is 0.993. The van der Waals surface area contributed by atoms with Crippen LogP contribution in [0, 0.1) is 0 Å². The van der Waals surface area contributed by atoms with Crippen molar-refractivity contribution in [3.8, 4) is 0 Å². The number of carbonyl (C=O) groups is 1. The summed E-state index contributed by atoms with van der Waals surface area (Å²) < 4.78 is 0. The molecule has 9 heavy (non-hydrogen) atoms. The highest BCUT2D eigenvalue weighted by molar-refractivity contribution is 6.38. The third-order valence-corrected chi connectivity index (χ3v) is 1.58. The molecule has 1 unspecified atom stereocenters. The first-order valence-corrected chi connectivity index (χ1v) is 3.25. The van der Waals surface area contributed by atoms with Gasteiger partial charge in [-0.25, -0.2) is 0 Å². The molecular weight excluding hydrogens is 159 g/mol. The van der Waals surface area contributed by atoms with E-state index >= 15 is 0 Å². The number of hydrogen-bond acceptors (Lipinski definition) is 1. The molecule has 0 aliphatic heterocycles. The van der Waals surface area contributed by atoms with Crippen LogP contribution >= 0.6 is 23.2 Å². The molecule has 3 heteroatoms. The lowest BCUT2D eigenvalue weighted by Gasteiger charge is -2.02. The maximum atomic E-state index is 10.6. The quantitative estimate of drug-likeness (QED) is 0.498. The second kappa shape index (κ2) is 2.54. The smallest absolute Gasteiger partial charge is 0.177 e. The Morgan fingerprint density at radius 1 is 1.44 bits per heavy atom. The van der Waals surface area contributed by atoms with Crippen molar-refractivity contribution in [1.29, 1.82) is 0 Å². The number of hydrogen-bond donors (Lipinski definition) is 0. The highest BCUT2D eigenvalue weighted by Crippen LogP contribution is 2.14. The van der Waals surface area contributed by atoms with Crippen LogP contribution in [0.2, 0.25) is 0 Å². The van der Waals surface area contributed by atoms with Gasteiger partial charge in [0, 0.05) is 5.03 Å². The molecule has 0 aromatic rings. The molecule has 0 heterocycles. The Bertz CT molecular complexity index is 193. The van der Waals surface area contributed by atoms with E-state index in [9.17, 15) is 4.79 Å². The molecule has 0 fully saturated rings. The Morgan fingerprint density at radius 2 is 2.11 bits per heavy atom. The summed E-state index contributed by atoms with van der Waals surface area (Å²) in [7, 11) is 0. The molecule has 48 valence electrons. The van der Waals surface area contributed by atoms with Gasteiger partial charge in [-0.05, 0) is 18.2 Å². The molecule has 0 aromatic heterocycles. The fourth-order valence-electron chi connectivity index (χ4n) is 0.531. The van der Waals surface area contributed by atoms with Crippen LogP contribution in [0.25, 0.3) is 0 Å². The van der Waals surface area contributed by atoms with Crippen LogP contribution in [0.1, 0.15) is 0 Å². The molecule has 0 spiro atoms. The van der Waals surface area contributed by atoms with Gasteiger partial charge in [0.1, 0.15) is 5.38 Å². The van der Waals surface area contributed by atoms with Crippen LogP contribution in [0.5, 0.6) is 0 Å². The van der Waals surface area contributed by atoms with Crippen molar-refractivity contribution in [2.24, 2.45) is 0 Å². The average molecular weight is 163 g/mol. The van der Waals surface area contributed by atoms with Crippen molar-refractivity contribution in [1.82, 2.24) is 0 Å². The maximum absolute atomic E-state index is 10.6. The van der Waals surface area contributed by atoms with Crippen molar-refractivity contribution in [3.05, 3.63) is 23.3 Å². The molecule has 1 aliphatic rings. The van der Waals surface area contributed by atoms with E-state index in [1.807, 2.05) is 0 Å². The Balaban J connectivity index is 2.82. The van der Waals surface area contributed by atoms with Gasteiger partial charge in [-0.3, -0.25) is 4.79 Å². The molecule has 0 saturated carbocycles. The Hall–Kier alpha value is -0.270. The van der Waals surface area contributed by atoms with Gasteiger partial charge in [-0.1, -0.05) is 11.6 Å². The van der Waals surface area contributed by atoms with E-state index in [0.717, 1.165) is 0 Å². The van der Waals surface area contributed by atoms with E-state index < -0.39 is 5.38 Å². The molecular formula is C6H4Cl2O. The lowest BCUT2D eigenvalue weighted by atomic mass is 10.2. The van der Waals surface area contributed by atoms with Crippen LogP contribution < -0.4 is 0 Å². The van der Waals surface area contributed by atoms with E-state index in [1.165, 1.54) is 18.2 Å². The summed E-state index contributed by atoms with van der Waals surface area (Å²) in [5.74, 6) is -0.110. The van der Waals surface area contributed by atoms with Crippen molar-refractivity contribution >= 4 is 29.0 Å².